The summed E-state index contributed by atoms with van der Waals surface area (Å²) in [6, 6.07) is 24.7. The molecule has 3 aromatic carbocycles. The molecule has 1 aromatic heterocycles. The minimum absolute atomic E-state index is 0.0834. The highest BCUT2D eigenvalue weighted by molar-refractivity contribution is 5.77. The Morgan fingerprint density at radius 1 is 0.914 bits per heavy atom. The molecule has 1 heterocycles. The Morgan fingerprint density at radius 3 is 2.46 bits per heavy atom. The number of unbranched alkanes of at least 4 members (excludes halogenated alkanes) is 1. The molecule has 0 aliphatic heterocycles. The molecule has 182 valence electrons. The van der Waals surface area contributed by atoms with Gasteiger partial charge in [0.1, 0.15) is 11.6 Å². The highest BCUT2D eigenvalue weighted by Gasteiger charge is 2.11. The number of rotatable bonds is 12. The zero-order valence-electron chi connectivity index (χ0n) is 20.8. The molecule has 0 aliphatic rings. The molecule has 4 rings (SSSR count). The van der Waals surface area contributed by atoms with E-state index in [1.165, 1.54) is 16.7 Å². The van der Waals surface area contributed by atoms with Crippen LogP contribution in [-0.2, 0) is 24.2 Å². The van der Waals surface area contributed by atoms with Gasteiger partial charge in [-0.15, -0.1) is 0 Å². The molecule has 0 saturated heterocycles. The van der Waals surface area contributed by atoms with Gasteiger partial charge in [0.15, 0.2) is 0 Å². The van der Waals surface area contributed by atoms with Crippen LogP contribution in [0.15, 0.2) is 72.8 Å². The van der Waals surface area contributed by atoms with Gasteiger partial charge in [-0.05, 0) is 74.1 Å². The molecule has 0 fully saturated rings. The number of ether oxygens (including phenoxy) is 1. The van der Waals surface area contributed by atoms with Crippen LogP contribution < -0.4 is 10.1 Å². The summed E-state index contributed by atoms with van der Waals surface area (Å²) < 4.78 is 8.27. The number of fused-ring (bicyclic) bond motifs is 1. The fourth-order valence-electron chi connectivity index (χ4n) is 4.45. The summed E-state index contributed by atoms with van der Waals surface area (Å²) in [6.07, 6.45) is 3.94. The number of para-hydroxylation sites is 2. The Kier molecular flexibility index (Phi) is 8.55. The molecule has 0 spiro atoms. The van der Waals surface area contributed by atoms with Crippen LogP contribution >= 0.6 is 0 Å². The van der Waals surface area contributed by atoms with Crippen LogP contribution in [0.4, 0.5) is 0 Å². The molecule has 0 bridgehead atoms. The molecule has 0 atom stereocenters. The Hall–Kier alpha value is -3.60. The van der Waals surface area contributed by atoms with Crippen LogP contribution in [0.5, 0.6) is 5.75 Å². The van der Waals surface area contributed by atoms with Gasteiger partial charge in [0, 0.05) is 25.9 Å². The van der Waals surface area contributed by atoms with Gasteiger partial charge in [0.25, 0.3) is 0 Å². The lowest BCUT2D eigenvalue weighted by molar-refractivity contribution is -0.121. The van der Waals surface area contributed by atoms with Gasteiger partial charge in [-0.25, -0.2) is 4.98 Å². The van der Waals surface area contributed by atoms with Crippen molar-refractivity contribution in [3.05, 3.63) is 95.3 Å². The van der Waals surface area contributed by atoms with E-state index in [0.717, 1.165) is 48.4 Å². The fourth-order valence-corrected chi connectivity index (χ4v) is 4.45. The average molecular weight is 470 g/mol. The first-order chi connectivity index (χ1) is 17.1. The first kappa shape index (κ1) is 24.5. The second-order valence-corrected chi connectivity index (χ2v) is 9.13. The molecule has 0 saturated carbocycles. The molecule has 0 aliphatic carbocycles. The number of hydrogen-bond acceptors (Lipinski definition) is 3. The van der Waals surface area contributed by atoms with Crippen molar-refractivity contribution in [3.63, 3.8) is 0 Å². The largest absolute Gasteiger partial charge is 0.494 e. The lowest BCUT2D eigenvalue weighted by Gasteiger charge is -2.11. The van der Waals surface area contributed by atoms with E-state index in [-0.39, 0.29) is 5.91 Å². The van der Waals surface area contributed by atoms with Crippen molar-refractivity contribution in [2.45, 2.75) is 52.5 Å². The molecule has 1 N–H and O–H groups in total. The average Bonchev–Trinajstić information content (AvgIpc) is 3.20. The summed E-state index contributed by atoms with van der Waals surface area (Å²) in [5, 5.41) is 3.06. The number of hydrogen-bond donors (Lipinski definition) is 1. The number of amides is 1. The number of nitrogens with zero attached hydrogens (tertiary/aromatic N) is 2. The van der Waals surface area contributed by atoms with E-state index in [2.05, 4.69) is 72.3 Å². The molecule has 4 aromatic rings. The van der Waals surface area contributed by atoms with Crippen LogP contribution in [0.3, 0.4) is 0 Å². The zero-order valence-corrected chi connectivity index (χ0v) is 20.8. The molecule has 1 amide bonds. The van der Waals surface area contributed by atoms with E-state index in [4.69, 9.17) is 9.72 Å². The zero-order chi connectivity index (χ0) is 24.5. The van der Waals surface area contributed by atoms with Crippen molar-refractivity contribution >= 4 is 16.9 Å². The first-order valence-corrected chi connectivity index (χ1v) is 12.5. The minimum atomic E-state index is 0.0834. The molecular formula is C30H35N3O2. The van der Waals surface area contributed by atoms with Gasteiger partial charge in [-0.2, -0.15) is 0 Å². The summed E-state index contributed by atoms with van der Waals surface area (Å²) in [5.74, 6) is 2.05. The van der Waals surface area contributed by atoms with E-state index in [1.54, 1.807) is 0 Å². The minimum Gasteiger partial charge on any atom is -0.494 e. The molecule has 0 radical (unpaired) electrons. The molecule has 35 heavy (non-hydrogen) atoms. The SMILES string of the molecule is Cc1cc(C)cc(OCCCCn2c(CCNC(=O)CCc3ccccc3)nc3ccccc32)c1. The number of carbonyl (C=O) groups excluding carboxylic acids is 1. The predicted molar refractivity (Wildman–Crippen MR) is 142 cm³/mol. The maximum absolute atomic E-state index is 12.3. The van der Waals surface area contributed by atoms with Gasteiger partial charge in [-0.3, -0.25) is 4.79 Å². The molecule has 5 nitrogen and oxygen atoms in total. The quantitative estimate of drug-likeness (QED) is 0.267. The number of carbonyl (C=O) groups is 1. The number of aromatic nitrogens is 2. The van der Waals surface area contributed by atoms with Crippen molar-refractivity contribution in [3.8, 4) is 5.75 Å². The third kappa shape index (κ3) is 7.19. The van der Waals surface area contributed by atoms with Gasteiger partial charge in [-0.1, -0.05) is 48.5 Å². The summed E-state index contributed by atoms with van der Waals surface area (Å²) in [5.41, 5.74) is 5.78. The van der Waals surface area contributed by atoms with Gasteiger partial charge in [0.05, 0.1) is 17.6 Å². The Labute approximate surface area is 208 Å². The first-order valence-electron chi connectivity index (χ1n) is 12.5. The summed E-state index contributed by atoms with van der Waals surface area (Å²) in [4.78, 5) is 17.2. The van der Waals surface area contributed by atoms with Crippen LogP contribution in [0.1, 0.15) is 41.8 Å². The summed E-state index contributed by atoms with van der Waals surface area (Å²) in [7, 11) is 0. The van der Waals surface area contributed by atoms with Gasteiger partial charge >= 0.3 is 0 Å². The highest BCUT2D eigenvalue weighted by atomic mass is 16.5. The van der Waals surface area contributed by atoms with E-state index < -0.39 is 0 Å². The Bertz CT molecular complexity index is 1230. The number of imidazole rings is 1. The van der Waals surface area contributed by atoms with E-state index in [0.29, 0.717) is 26.0 Å². The standard InChI is InChI=1S/C30H35N3O2/c1-23-20-24(2)22-26(21-23)35-19-9-8-18-33-28-13-7-6-12-27(28)32-29(33)16-17-31-30(34)15-14-25-10-4-3-5-11-25/h3-7,10-13,20-22H,8-9,14-19H2,1-2H3,(H,31,34). The van der Waals surface area contributed by atoms with Crippen molar-refractivity contribution in [1.82, 2.24) is 14.9 Å². The van der Waals surface area contributed by atoms with Gasteiger partial charge < -0.3 is 14.6 Å². The third-order valence-corrected chi connectivity index (χ3v) is 6.13. The predicted octanol–water partition coefficient (Wildman–Crippen LogP) is 5.80. The molecular weight excluding hydrogens is 434 g/mol. The van der Waals surface area contributed by atoms with E-state index >= 15 is 0 Å². The monoisotopic (exact) mass is 469 g/mol. The van der Waals surface area contributed by atoms with Crippen molar-refractivity contribution in [1.29, 1.82) is 0 Å². The van der Waals surface area contributed by atoms with Gasteiger partial charge in [0.2, 0.25) is 5.91 Å². The maximum atomic E-state index is 12.3. The third-order valence-electron chi connectivity index (χ3n) is 6.13. The maximum Gasteiger partial charge on any atom is 0.220 e. The normalized spacial score (nSPS) is 11.0. The summed E-state index contributed by atoms with van der Waals surface area (Å²) >= 11 is 0. The lowest BCUT2D eigenvalue weighted by Crippen LogP contribution is -2.26. The van der Waals surface area contributed by atoms with Crippen LogP contribution in [-0.4, -0.2) is 28.6 Å². The Balaban J connectivity index is 1.27. The molecule has 0 unspecified atom stereocenters. The van der Waals surface area contributed by atoms with Crippen molar-refractivity contribution in [2.75, 3.05) is 13.2 Å². The van der Waals surface area contributed by atoms with Crippen LogP contribution in [0.25, 0.3) is 11.0 Å². The molecule has 5 heteroatoms. The lowest BCUT2D eigenvalue weighted by atomic mass is 10.1. The second kappa shape index (κ2) is 12.2. The van der Waals surface area contributed by atoms with Crippen LogP contribution in [0.2, 0.25) is 0 Å². The van der Waals surface area contributed by atoms with Crippen LogP contribution in [0, 0.1) is 13.8 Å². The highest BCUT2D eigenvalue weighted by Crippen LogP contribution is 2.19. The van der Waals surface area contributed by atoms with E-state index in [9.17, 15) is 4.79 Å². The fraction of sp³-hybridized carbons (Fsp3) is 0.333. The summed E-state index contributed by atoms with van der Waals surface area (Å²) in [6.45, 7) is 6.36. The number of nitrogens with one attached hydrogen (secondary N) is 1. The van der Waals surface area contributed by atoms with Crippen molar-refractivity contribution in [2.24, 2.45) is 0 Å². The Morgan fingerprint density at radius 2 is 1.66 bits per heavy atom. The smallest absolute Gasteiger partial charge is 0.220 e. The van der Waals surface area contributed by atoms with Crippen molar-refractivity contribution < 1.29 is 9.53 Å². The van der Waals surface area contributed by atoms with E-state index in [1.807, 2.05) is 24.3 Å². The second-order valence-electron chi connectivity index (χ2n) is 9.13. The topological polar surface area (TPSA) is 56.1 Å². The number of benzene rings is 3. The number of aryl methyl sites for hydroxylation is 4.